The van der Waals surface area contributed by atoms with Gasteiger partial charge in [0.1, 0.15) is 10.7 Å². The number of phenolic OH excluding ortho intramolecular Hbond substituents is 1. The normalized spacial score (nSPS) is 17.3. The van der Waals surface area contributed by atoms with Crippen LogP contribution in [0, 0.1) is 5.41 Å². The summed E-state index contributed by atoms with van der Waals surface area (Å²) in [6.45, 7) is 6.03. The minimum atomic E-state index is -0.361. The first-order valence-corrected chi connectivity index (χ1v) is 12.2. The van der Waals surface area contributed by atoms with E-state index < -0.39 is 0 Å². The Morgan fingerprint density at radius 2 is 2.00 bits per heavy atom. The van der Waals surface area contributed by atoms with E-state index in [0.717, 1.165) is 30.2 Å². The maximum atomic E-state index is 12.7. The van der Waals surface area contributed by atoms with E-state index in [1.54, 1.807) is 12.1 Å². The number of nitrogens with zero attached hydrogens (tertiary/aromatic N) is 1. The Bertz CT molecular complexity index is 631. The Morgan fingerprint density at radius 3 is 2.67 bits per heavy atom. The molecule has 1 fully saturated rings. The number of carbonyl (C=O) groups is 1. The molecule has 1 N–H and O–H groups in total. The first kappa shape index (κ1) is 22.6. The number of unbranched alkanes of at least 4 members (excludes halogenated alkanes) is 2. The summed E-state index contributed by atoms with van der Waals surface area (Å²) in [7, 11) is 0. The number of hydrogen-bond acceptors (Lipinski definition) is 5. The van der Waals surface area contributed by atoms with Crippen LogP contribution in [0.2, 0.25) is 0 Å². The standard InChI is InChI=1S/C21H31NO2S3/c1-4-21(2,3)19(24)20(25)22-15-26-14-16(22)8-6-5-7-13-27-18-11-9-17(23)10-12-18/h9-12,16,23H,4-8,13-15H2,1-3H3. The first-order valence-electron chi connectivity index (χ1n) is 9.70. The van der Waals surface area contributed by atoms with E-state index >= 15 is 0 Å². The van der Waals surface area contributed by atoms with Crippen LogP contribution in [0.3, 0.4) is 0 Å². The number of Topliss-reactive ketones (excluding diaryl/α,β-unsaturated/α-hetero) is 1. The third kappa shape index (κ3) is 6.68. The van der Waals surface area contributed by atoms with E-state index in [0.29, 0.717) is 16.8 Å². The smallest absolute Gasteiger partial charge is 0.195 e. The highest BCUT2D eigenvalue weighted by Gasteiger charge is 2.35. The van der Waals surface area contributed by atoms with Crippen molar-refractivity contribution in [2.45, 2.75) is 63.8 Å². The van der Waals surface area contributed by atoms with Gasteiger partial charge in [0.05, 0.1) is 5.88 Å². The molecular weight excluding hydrogens is 394 g/mol. The molecule has 1 aromatic carbocycles. The Kier molecular flexibility index (Phi) is 8.96. The van der Waals surface area contributed by atoms with Crippen molar-refractivity contribution in [2.24, 2.45) is 5.41 Å². The molecule has 3 nitrogen and oxygen atoms in total. The van der Waals surface area contributed by atoms with E-state index in [4.69, 9.17) is 12.2 Å². The second kappa shape index (κ2) is 10.7. The topological polar surface area (TPSA) is 40.5 Å². The Hall–Kier alpha value is -0.720. The number of aromatic hydroxyl groups is 1. The zero-order chi connectivity index (χ0) is 19.9. The van der Waals surface area contributed by atoms with Crippen LogP contribution < -0.4 is 0 Å². The summed E-state index contributed by atoms with van der Waals surface area (Å²) in [6, 6.07) is 7.80. The second-order valence-electron chi connectivity index (χ2n) is 7.69. The van der Waals surface area contributed by atoms with Crippen molar-refractivity contribution in [3.8, 4) is 5.75 Å². The molecule has 0 aliphatic carbocycles. The van der Waals surface area contributed by atoms with Crippen LogP contribution in [0.15, 0.2) is 29.2 Å². The van der Waals surface area contributed by atoms with Crippen molar-refractivity contribution in [3.05, 3.63) is 24.3 Å². The van der Waals surface area contributed by atoms with Crippen molar-refractivity contribution in [2.75, 3.05) is 17.4 Å². The zero-order valence-electron chi connectivity index (χ0n) is 16.6. The molecule has 0 aromatic heterocycles. The third-order valence-electron chi connectivity index (χ3n) is 5.22. The molecule has 0 bridgehead atoms. The monoisotopic (exact) mass is 425 g/mol. The van der Waals surface area contributed by atoms with Crippen molar-refractivity contribution in [3.63, 3.8) is 0 Å². The van der Waals surface area contributed by atoms with Gasteiger partial charge in [-0.2, -0.15) is 0 Å². The largest absolute Gasteiger partial charge is 0.508 e. The molecule has 6 heteroatoms. The summed E-state index contributed by atoms with van der Waals surface area (Å²) in [6.07, 6.45) is 5.47. The molecule has 1 atom stereocenters. The highest BCUT2D eigenvalue weighted by molar-refractivity contribution is 7.99. The third-order valence-corrected chi connectivity index (χ3v) is 7.82. The van der Waals surface area contributed by atoms with E-state index in [2.05, 4.69) is 4.90 Å². The summed E-state index contributed by atoms with van der Waals surface area (Å²) >= 11 is 9.27. The molecule has 1 aromatic rings. The highest BCUT2D eigenvalue weighted by atomic mass is 32.2. The molecule has 1 unspecified atom stereocenters. The van der Waals surface area contributed by atoms with Crippen LogP contribution >= 0.6 is 35.7 Å². The van der Waals surface area contributed by atoms with Gasteiger partial charge in [0.2, 0.25) is 0 Å². The van der Waals surface area contributed by atoms with Crippen LogP contribution in [-0.2, 0) is 4.79 Å². The average Bonchev–Trinajstić information content (AvgIpc) is 3.13. The van der Waals surface area contributed by atoms with Crippen LogP contribution in [0.5, 0.6) is 5.75 Å². The van der Waals surface area contributed by atoms with Crippen molar-refractivity contribution in [1.29, 1.82) is 0 Å². The minimum absolute atomic E-state index is 0.123. The van der Waals surface area contributed by atoms with E-state index in [1.807, 2.05) is 56.4 Å². The molecule has 150 valence electrons. The number of hydrogen-bond donors (Lipinski definition) is 1. The first-order chi connectivity index (χ1) is 12.8. The lowest BCUT2D eigenvalue weighted by molar-refractivity contribution is -0.121. The van der Waals surface area contributed by atoms with Gasteiger partial charge in [0, 0.05) is 22.1 Å². The summed E-state index contributed by atoms with van der Waals surface area (Å²) in [4.78, 5) is 16.6. The molecule has 27 heavy (non-hydrogen) atoms. The molecule has 1 aliphatic rings. The van der Waals surface area contributed by atoms with Crippen molar-refractivity contribution < 1.29 is 9.90 Å². The maximum Gasteiger partial charge on any atom is 0.195 e. The Morgan fingerprint density at radius 1 is 1.30 bits per heavy atom. The number of ketones is 1. The SMILES string of the molecule is CCC(C)(C)C(=O)C(=S)N1CSCC1CCCCCSc1ccc(O)cc1. The summed E-state index contributed by atoms with van der Waals surface area (Å²) in [5.74, 6) is 3.46. The molecule has 0 spiro atoms. The fourth-order valence-electron chi connectivity index (χ4n) is 2.92. The van der Waals surface area contributed by atoms with Crippen LogP contribution in [-0.4, -0.2) is 44.2 Å². The summed E-state index contributed by atoms with van der Waals surface area (Å²) < 4.78 is 0. The summed E-state index contributed by atoms with van der Waals surface area (Å²) in [5.41, 5.74) is -0.361. The molecule has 1 aliphatic heterocycles. The van der Waals surface area contributed by atoms with E-state index in [1.165, 1.54) is 24.2 Å². The minimum Gasteiger partial charge on any atom is -0.508 e. The predicted octanol–water partition coefficient (Wildman–Crippen LogP) is 5.75. The number of benzene rings is 1. The maximum absolute atomic E-state index is 12.7. The highest BCUT2D eigenvalue weighted by Crippen LogP contribution is 2.30. The zero-order valence-corrected chi connectivity index (χ0v) is 19.0. The van der Waals surface area contributed by atoms with Crippen molar-refractivity contribution in [1.82, 2.24) is 4.90 Å². The van der Waals surface area contributed by atoms with E-state index in [-0.39, 0.29) is 11.2 Å². The fraction of sp³-hybridized carbons (Fsp3) is 0.619. The van der Waals surface area contributed by atoms with Gasteiger partial charge in [-0.25, -0.2) is 0 Å². The molecule has 0 radical (unpaired) electrons. The van der Waals surface area contributed by atoms with Gasteiger partial charge in [-0.05, 0) is 49.3 Å². The average molecular weight is 426 g/mol. The van der Waals surface area contributed by atoms with Crippen LogP contribution in [0.1, 0.15) is 52.9 Å². The lowest BCUT2D eigenvalue weighted by Gasteiger charge is -2.30. The Balaban J connectivity index is 1.69. The lowest BCUT2D eigenvalue weighted by Crippen LogP contribution is -2.44. The van der Waals surface area contributed by atoms with E-state index in [9.17, 15) is 9.90 Å². The van der Waals surface area contributed by atoms with Gasteiger partial charge >= 0.3 is 0 Å². The quantitative estimate of drug-likeness (QED) is 0.292. The van der Waals surface area contributed by atoms with Gasteiger partial charge < -0.3 is 10.0 Å². The number of carbonyl (C=O) groups excluding carboxylic acids is 1. The molecule has 1 saturated heterocycles. The van der Waals surface area contributed by atoms with Crippen LogP contribution in [0.25, 0.3) is 0 Å². The molecule has 2 rings (SSSR count). The number of thiocarbonyl (C=S) groups is 1. The van der Waals surface area contributed by atoms with Crippen LogP contribution in [0.4, 0.5) is 0 Å². The summed E-state index contributed by atoms with van der Waals surface area (Å²) in [5, 5.41) is 9.31. The number of phenols is 1. The number of rotatable bonds is 10. The number of thioether (sulfide) groups is 2. The Labute approximate surface area is 177 Å². The molecular formula is C21H31NO2S3. The van der Waals surface area contributed by atoms with Gasteiger partial charge in [0.15, 0.2) is 5.78 Å². The molecule has 0 saturated carbocycles. The predicted molar refractivity (Wildman–Crippen MR) is 122 cm³/mol. The van der Waals surface area contributed by atoms with Gasteiger partial charge in [-0.1, -0.05) is 45.8 Å². The van der Waals surface area contributed by atoms with Gasteiger partial charge in [-0.3, -0.25) is 4.79 Å². The van der Waals surface area contributed by atoms with Gasteiger partial charge in [0.25, 0.3) is 0 Å². The second-order valence-corrected chi connectivity index (χ2v) is 10.2. The van der Waals surface area contributed by atoms with Gasteiger partial charge in [-0.15, -0.1) is 23.5 Å². The molecule has 0 amide bonds. The fourth-order valence-corrected chi connectivity index (χ4v) is 5.66. The lowest BCUT2D eigenvalue weighted by atomic mass is 9.85. The molecule has 1 heterocycles. The van der Waals surface area contributed by atoms with Crippen molar-refractivity contribution >= 4 is 46.5 Å².